The number of nitrogens with one attached hydrogen (secondary N) is 3. The summed E-state index contributed by atoms with van der Waals surface area (Å²) < 4.78 is 5.56. The van der Waals surface area contributed by atoms with E-state index in [0.29, 0.717) is 44.0 Å². The molecule has 0 spiro atoms. The molecule has 9 heteroatoms. The highest BCUT2D eigenvalue weighted by Crippen LogP contribution is 2.42. The van der Waals surface area contributed by atoms with Crippen molar-refractivity contribution < 1.29 is 9.53 Å². The molecule has 1 aliphatic rings. The molecular formula is C30H29Cl2N5O2. The Morgan fingerprint density at radius 3 is 2.41 bits per heavy atom. The van der Waals surface area contributed by atoms with Crippen LogP contribution in [-0.4, -0.2) is 19.0 Å². The largest absolute Gasteiger partial charge is 0.495 e. The minimum absolute atomic E-state index is 0.0260. The second-order valence-electron chi connectivity index (χ2n) is 9.64. The summed E-state index contributed by atoms with van der Waals surface area (Å²) in [6.45, 7) is 7.84. The number of ether oxygens (including phenoxy) is 1. The van der Waals surface area contributed by atoms with Crippen LogP contribution in [0.1, 0.15) is 42.1 Å². The van der Waals surface area contributed by atoms with Crippen molar-refractivity contribution in [3.8, 4) is 11.8 Å². The molecule has 39 heavy (non-hydrogen) atoms. The van der Waals surface area contributed by atoms with Gasteiger partial charge in [-0.1, -0.05) is 49.2 Å². The SMILES string of the molecule is COc1ccc(C#N)cc1N/C(=C1\C(=N)NC(=O)N(c2cc(Cl)ccc2C)C1c1ccc(Cl)cc1C)C(C)C. The highest BCUT2D eigenvalue weighted by Gasteiger charge is 2.41. The van der Waals surface area contributed by atoms with Gasteiger partial charge in [-0.25, -0.2) is 4.79 Å². The minimum atomic E-state index is -0.685. The molecule has 0 saturated carbocycles. The highest BCUT2D eigenvalue weighted by atomic mass is 35.5. The van der Waals surface area contributed by atoms with Gasteiger partial charge in [0.2, 0.25) is 0 Å². The number of nitrogens with zero attached hydrogens (tertiary/aromatic N) is 2. The van der Waals surface area contributed by atoms with Crippen LogP contribution < -0.4 is 20.3 Å². The minimum Gasteiger partial charge on any atom is -0.495 e. The van der Waals surface area contributed by atoms with Gasteiger partial charge in [0.1, 0.15) is 11.6 Å². The van der Waals surface area contributed by atoms with Crippen LogP contribution in [0.5, 0.6) is 5.75 Å². The van der Waals surface area contributed by atoms with Crippen molar-refractivity contribution in [2.75, 3.05) is 17.3 Å². The Hall–Kier alpha value is -3.99. The van der Waals surface area contributed by atoms with Gasteiger partial charge < -0.3 is 10.1 Å². The second-order valence-corrected chi connectivity index (χ2v) is 10.5. The van der Waals surface area contributed by atoms with Crippen molar-refractivity contribution in [2.45, 2.75) is 33.7 Å². The monoisotopic (exact) mass is 561 g/mol. The molecule has 0 aromatic heterocycles. The molecule has 1 unspecified atom stereocenters. The lowest BCUT2D eigenvalue weighted by Crippen LogP contribution is -2.53. The summed E-state index contributed by atoms with van der Waals surface area (Å²) in [6, 6.07) is 17.0. The van der Waals surface area contributed by atoms with Gasteiger partial charge in [-0.3, -0.25) is 15.6 Å². The number of amides is 2. The molecule has 4 rings (SSSR count). The topological polar surface area (TPSA) is 101 Å². The molecule has 1 atom stereocenters. The number of methoxy groups -OCH3 is 1. The number of allylic oxidation sites excluding steroid dienone is 1. The average Bonchev–Trinajstić information content (AvgIpc) is 2.89. The molecule has 1 heterocycles. The van der Waals surface area contributed by atoms with Gasteiger partial charge in [0, 0.05) is 21.3 Å². The maximum Gasteiger partial charge on any atom is 0.328 e. The number of rotatable bonds is 6. The van der Waals surface area contributed by atoms with Crippen LogP contribution in [-0.2, 0) is 0 Å². The second kappa shape index (κ2) is 11.4. The number of hydrogen-bond acceptors (Lipinski definition) is 5. The van der Waals surface area contributed by atoms with Crippen LogP contribution >= 0.6 is 23.2 Å². The zero-order chi connectivity index (χ0) is 28.4. The fourth-order valence-electron chi connectivity index (χ4n) is 4.77. The average molecular weight is 563 g/mol. The first-order valence-corrected chi connectivity index (χ1v) is 13.1. The van der Waals surface area contributed by atoms with Gasteiger partial charge >= 0.3 is 6.03 Å². The Balaban J connectivity index is 2.04. The zero-order valence-electron chi connectivity index (χ0n) is 22.3. The maximum atomic E-state index is 13.6. The van der Waals surface area contributed by atoms with Crippen molar-refractivity contribution in [3.63, 3.8) is 0 Å². The molecule has 0 aliphatic carbocycles. The van der Waals surface area contributed by atoms with Crippen molar-refractivity contribution in [1.29, 1.82) is 10.7 Å². The first kappa shape index (κ1) is 28.0. The summed E-state index contributed by atoms with van der Waals surface area (Å²) in [5.41, 5.74) is 5.44. The highest BCUT2D eigenvalue weighted by molar-refractivity contribution is 6.31. The number of hydrogen-bond donors (Lipinski definition) is 3. The predicted octanol–water partition coefficient (Wildman–Crippen LogP) is 7.76. The number of urea groups is 1. The number of benzene rings is 3. The lowest BCUT2D eigenvalue weighted by atomic mass is 9.86. The smallest absolute Gasteiger partial charge is 0.328 e. The van der Waals surface area contributed by atoms with Crippen LogP contribution in [0.4, 0.5) is 16.2 Å². The van der Waals surface area contributed by atoms with Crippen LogP contribution in [0, 0.1) is 36.5 Å². The summed E-state index contributed by atoms with van der Waals surface area (Å²) in [5.74, 6) is 0.408. The molecule has 2 amide bonds. The molecule has 1 fully saturated rings. The van der Waals surface area contributed by atoms with E-state index >= 15 is 0 Å². The van der Waals surface area contributed by atoms with E-state index in [4.69, 9.17) is 33.3 Å². The number of aryl methyl sites for hydroxylation is 2. The first-order chi connectivity index (χ1) is 18.5. The van der Waals surface area contributed by atoms with Gasteiger partial charge in [0.25, 0.3) is 0 Å². The van der Waals surface area contributed by atoms with Gasteiger partial charge in [0.15, 0.2) is 0 Å². The van der Waals surface area contributed by atoms with E-state index in [0.717, 1.165) is 16.7 Å². The normalized spacial score (nSPS) is 16.6. The van der Waals surface area contributed by atoms with E-state index in [2.05, 4.69) is 16.7 Å². The number of amidine groups is 1. The van der Waals surface area contributed by atoms with Gasteiger partial charge in [-0.15, -0.1) is 0 Å². The predicted molar refractivity (Wildman–Crippen MR) is 157 cm³/mol. The molecule has 3 N–H and O–H groups in total. The molecule has 7 nitrogen and oxygen atoms in total. The number of carbonyl (C=O) groups is 1. The third kappa shape index (κ3) is 5.58. The van der Waals surface area contributed by atoms with Gasteiger partial charge in [-0.2, -0.15) is 5.26 Å². The summed E-state index contributed by atoms with van der Waals surface area (Å²) in [7, 11) is 1.56. The number of nitriles is 1. The van der Waals surface area contributed by atoms with Gasteiger partial charge in [0.05, 0.1) is 36.2 Å². The van der Waals surface area contributed by atoms with Crippen molar-refractivity contribution in [1.82, 2.24) is 5.32 Å². The number of halogens is 2. The first-order valence-electron chi connectivity index (χ1n) is 12.4. The Morgan fingerprint density at radius 1 is 1.08 bits per heavy atom. The van der Waals surface area contributed by atoms with Crippen LogP contribution in [0.2, 0.25) is 10.0 Å². The lowest BCUT2D eigenvalue weighted by Gasteiger charge is -2.41. The quantitative estimate of drug-likeness (QED) is 0.286. The van der Waals surface area contributed by atoms with Crippen LogP contribution in [0.3, 0.4) is 0 Å². The van der Waals surface area contributed by atoms with E-state index in [9.17, 15) is 10.1 Å². The third-order valence-corrected chi connectivity index (χ3v) is 7.14. The van der Waals surface area contributed by atoms with Gasteiger partial charge in [-0.05, 0) is 78.9 Å². The summed E-state index contributed by atoms with van der Waals surface area (Å²) >= 11 is 12.7. The Morgan fingerprint density at radius 2 is 1.77 bits per heavy atom. The summed E-state index contributed by atoms with van der Waals surface area (Å²) in [6.07, 6.45) is 0. The van der Waals surface area contributed by atoms with Crippen molar-refractivity contribution >= 4 is 46.4 Å². The van der Waals surface area contributed by atoms with E-state index in [1.807, 2.05) is 45.9 Å². The van der Waals surface area contributed by atoms with E-state index < -0.39 is 12.1 Å². The third-order valence-electron chi connectivity index (χ3n) is 6.67. The zero-order valence-corrected chi connectivity index (χ0v) is 23.8. The van der Waals surface area contributed by atoms with E-state index in [-0.39, 0.29) is 11.8 Å². The molecule has 0 radical (unpaired) electrons. The van der Waals surface area contributed by atoms with E-state index in [1.54, 1.807) is 48.4 Å². The van der Waals surface area contributed by atoms with Crippen molar-refractivity contribution in [3.05, 3.63) is 98.2 Å². The molecular weight excluding hydrogens is 533 g/mol. The molecule has 0 bridgehead atoms. The van der Waals surface area contributed by atoms with Crippen LogP contribution in [0.15, 0.2) is 65.9 Å². The fraction of sp³-hybridized carbons (Fsp3) is 0.233. The lowest BCUT2D eigenvalue weighted by molar-refractivity contribution is 0.247. The standard InChI is InChI=1S/C30H29Cl2N5O2/c1-16(2)27(35-23-13-19(15-33)7-11-25(23)39-5)26-28(22-10-9-20(31)12-18(22)4)37(30(38)36-29(26)34)24-14-21(32)8-6-17(24)3/h6-14,16,28,35H,1-5H3,(H2,34,36,38)/b27-26-. The molecule has 3 aromatic rings. The van der Waals surface area contributed by atoms with E-state index in [1.165, 1.54) is 0 Å². The summed E-state index contributed by atoms with van der Waals surface area (Å²) in [5, 5.41) is 25.7. The molecule has 200 valence electrons. The molecule has 1 aliphatic heterocycles. The Labute approximate surface area is 238 Å². The van der Waals surface area contributed by atoms with Crippen molar-refractivity contribution in [2.24, 2.45) is 5.92 Å². The molecule has 1 saturated heterocycles. The maximum absolute atomic E-state index is 13.6. The Kier molecular flexibility index (Phi) is 8.19. The summed E-state index contributed by atoms with van der Waals surface area (Å²) in [4.78, 5) is 15.3. The fourth-order valence-corrected chi connectivity index (χ4v) is 5.17. The number of anilines is 2. The Bertz CT molecular complexity index is 1540. The molecule has 3 aromatic carbocycles. The number of carbonyl (C=O) groups excluding carboxylic acids is 1. The van der Waals surface area contributed by atoms with Crippen LogP contribution in [0.25, 0.3) is 0 Å².